The molecule has 1 fully saturated rings. The van der Waals surface area contributed by atoms with Gasteiger partial charge in [-0.05, 0) is 44.2 Å². The van der Waals surface area contributed by atoms with E-state index in [2.05, 4.69) is 31.1 Å². The monoisotopic (exact) mass is 300 g/mol. The van der Waals surface area contributed by atoms with Crippen LogP contribution in [0.3, 0.4) is 0 Å². The lowest BCUT2D eigenvalue weighted by Gasteiger charge is -2.42. The maximum atomic E-state index is 9.91. The van der Waals surface area contributed by atoms with Crippen molar-refractivity contribution in [1.82, 2.24) is 10.2 Å². The minimum Gasteiger partial charge on any atom is -0.389 e. The number of aliphatic hydroxyl groups excluding tert-OH is 1. The van der Waals surface area contributed by atoms with Gasteiger partial charge in [-0.2, -0.15) is 0 Å². The molecule has 0 bridgehead atoms. The number of rotatable bonds is 10. The van der Waals surface area contributed by atoms with Crippen LogP contribution in [-0.2, 0) is 4.74 Å². The summed E-state index contributed by atoms with van der Waals surface area (Å²) in [5.74, 6) is 0.869. The van der Waals surface area contributed by atoms with Crippen LogP contribution in [-0.4, -0.2) is 63.1 Å². The fourth-order valence-corrected chi connectivity index (χ4v) is 3.54. The van der Waals surface area contributed by atoms with Crippen LogP contribution in [0.15, 0.2) is 0 Å². The van der Waals surface area contributed by atoms with Crippen LogP contribution in [0.1, 0.15) is 46.0 Å². The third kappa shape index (κ3) is 7.09. The van der Waals surface area contributed by atoms with E-state index >= 15 is 0 Å². The van der Waals surface area contributed by atoms with Crippen LogP contribution < -0.4 is 5.32 Å². The molecule has 1 atom stereocenters. The van der Waals surface area contributed by atoms with Crippen LogP contribution in [0.4, 0.5) is 0 Å². The summed E-state index contributed by atoms with van der Waals surface area (Å²) in [6, 6.07) is 0. The van der Waals surface area contributed by atoms with Crippen LogP contribution in [0.2, 0.25) is 0 Å². The lowest BCUT2D eigenvalue weighted by molar-refractivity contribution is 0.0252. The van der Waals surface area contributed by atoms with Gasteiger partial charge in [0.05, 0.1) is 12.7 Å². The number of likely N-dealkylation sites (N-methyl/N-ethyl adjacent to an activating group) is 1. The third-order valence-electron chi connectivity index (χ3n) is 4.75. The van der Waals surface area contributed by atoms with Crippen molar-refractivity contribution in [3.63, 3.8) is 0 Å². The number of hydrogen-bond acceptors (Lipinski definition) is 4. The largest absolute Gasteiger partial charge is 0.389 e. The summed E-state index contributed by atoms with van der Waals surface area (Å²) in [6.45, 7) is 8.98. The molecule has 0 radical (unpaired) electrons. The molecule has 0 aromatic carbocycles. The van der Waals surface area contributed by atoms with E-state index in [1.54, 1.807) is 7.11 Å². The number of ether oxygens (including phenoxy) is 1. The van der Waals surface area contributed by atoms with Gasteiger partial charge in [-0.25, -0.2) is 0 Å². The van der Waals surface area contributed by atoms with Gasteiger partial charge in [0.1, 0.15) is 0 Å². The number of hydrogen-bond donors (Lipinski definition) is 2. The Morgan fingerprint density at radius 3 is 2.62 bits per heavy atom. The fraction of sp³-hybridized carbons (Fsp3) is 1.00. The summed E-state index contributed by atoms with van der Waals surface area (Å²) >= 11 is 0. The smallest absolute Gasteiger partial charge is 0.0899 e. The van der Waals surface area contributed by atoms with Crippen molar-refractivity contribution < 1.29 is 9.84 Å². The lowest BCUT2D eigenvalue weighted by atomic mass is 9.70. The van der Waals surface area contributed by atoms with E-state index in [0.29, 0.717) is 18.6 Å². The van der Waals surface area contributed by atoms with Gasteiger partial charge in [-0.1, -0.05) is 26.7 Å². The Morgan fingerprint density at radius 1 is 1.38 bits per heavy atom. The highest BCUT2D eigenvalue weighted by Gasteiger charge is 2.35. The summed E-state index contributed by atoms with van der Waals surface area (Å²) in [4.78, 5) is 2.29. The first-order chi connectivity index (χ1) is 10.0. The van der Waals surface area contributed by atoms with Crippen molar-refractivity contribution in [2.75, 3.05) is 46.9 Å². The predicted molar refractivity (Wildman–Crippen MR) is 88.6 cm³/mol. The highest BCUT2D eigenvalue weighted by atomic mass is 16.5. The van der Waals surface area contributed by atoms with Gasteiger partial charge in [-0.15, -0.1) is 0 Å². The molecular weight excluding hydrogens is 264 g/mol. The third-order valence-corrected chi connectivity index (χ3v) is 4.75. The molecular formula is C17H36N2O2. The first kappa shape index (κ1) is 18.9. The van der Waals surface area contributed by atoms with E-state index in [4.69, 9.17) is 4.74 Å². The summed E-state index contributed by atoms with van der Waals surface area (Å²) in [7, 11) is 3.76. The average Bonchev–Trinajstić information content (AvgIpc) is 2.42. The summed E-state index contributed by atoms with van der Waals surface area (Å²) in [5, 5.41) is 13.5. The molecule has 0 amide bonds. The van der Waals surface area contributed by atoms with E-state index in [-0.39, 0.29) is 6.10 Å². The number of methoxy groups -OCH3 is 1. The lowest BCUT2D eigenvalue weighted by Crippen LogP contribution is -2.47. The highest BCUT2D eigenvalue weighted by molar-refractivity contribution is 4.89. The summed E-state index contributed by atoms with van der Waals surface area (Å²) in [5.41, 5.74) is 0.378. The molecule has 0 aromatic rings. The molecule has 4 nitrogen and oxygen atoms in total. The number of aliphatic hydroxyl groups is 1. The zero-order chi connectivity index (χ0) is 15.7. The number of nitrogens with one attached hydrogen (secondary N) is 1. The minimum absolute atomic E-state index is 0.378. The average molecular weight is 300 g/mol. The van der Waals surface area contributed by atoms with Gasteiger partial charge in [-0.3, -0.25) is 0 Å². The maximum absolute atomic E-state index is 9.91. The topological polar surface area (TPSA) is 44.7 Å². The molecule has 1 aliphatic rings. The normalized spacial score (nSPS) is 28.0. The van der Waals surface area contributed by atoms with Gasteiger partial charge >= 0.3 is 0 Å². The molecule has 1 aliphatic carbocycles. The molecule has 21 heavy (non-hydrogen) atoms. The molecule has 1 saturated carbocycles. The summed E-state index contributed by atoms with van der Waals surface area (Å²) in [6.07, 6.45) is 6.08. The fourth-order valence-electron chi connectivity index (χ4n) is 3.54. The molecule has 1 rings (SSSR count). The standard InChI is InChI=1S/C17H36N2O2/c1-5-10-18-13-17(8-6-15(2)7-9-17)14-19(3)11-16(20)12-21-4/h15-16,18,20H,5-14H2,1-4H3. The van der Waals surface area contributed by atoms with E-state index in [0.717, 1.165) is 25.6 Å². The Kier molecular flexibility index (Phi) is 8.79. The molecule has 1 unspecified atom stereocenters. The van der Waals surface area contributed by atoms with Gasteiger partial charge in [0, 0.05) is 26.7 Å². The predicted octanol–water partition coefficient (Wildman–Crippen LogP) is 2.12. The van der Waals surface area contributed by atoms with Gasteiger partial charge in [0.2, 0.25) is 0 Å². The SMILES string of the molecule is CCCNCC1(CN(C)CC(O)COC)CCC(C)CC1. The molecule has 0 spiro atoms. The first-order valence-corrected chi connectivity index (χ1v) is 8.57. The molecule has 0 aromatic heterocycles. The van der Waals surface area contributed by atoms with Crippen LogP contribution >= 0.6 is 0 Å². The van der Waals surface area contributed by atoms with Crippen molar-refractivity contribution >= 4 is 0 Å². The van der Waals surface area contributed by atoms with Crippen LogP contribution in [0.5, 0.6) is 0 Å². The second-order valence-corrected chi connectivity index (χ2v) is 7.17. The Morgan fingerprint density at radius 2 is 2.05 bits per heavy atom. The van der Waals surface area contributed by atoms with Gasteiger partial charge in [0.15, 0.2) is 0 Å². The van der Waals surface area contributed by atoms with Crippen molar-refractivity contribution in [1.29, 1.82) is 0 Å². The van der Waals surface area contributed by atoms with Crippen LogP contribution in [0.25, 0.3) is 0 Å². The van der Waals surface area contributed by atoms with E-state index < -0.39 is 0 Å². The quantitative estimate of drug-likeness (QED) is 0.607. The van der Waals surface area contributed by atoms with Crippen molar-refractivity contribution in [2.24, 2.45) is 11.3 Å². The van der Waals surface area contributed by atoms with E-state index in [9.17, 15) is 5.11 Å². The molecule has 2 N–H and O–H groups in total. The van der Waals surface area contributed by atoms with E-state index in [1.165, 1.54) is 32.1 Å². The molecule has 126 valence electrons. The first-order valence-electron chi connectivity index (χ1n) is 8.57. The second-order valence-electron chi connectivity index (χ2n) is 7.17. The zero-order valence-electron chi connectivity index (χ0n) is 14.5. The zero-order valence-corrected chi connectivity index (χ0v) is 14.5. The van der Waals surface area contributed by atoms with Crippen molar-refractivity contribution in [3.8, 4) is 0 Å². The van der Waals surface area contributed by atoms with Gasteiger partial charge < -0.3 is 20.1 Å². The highest BCUT2D eigenvalue weighted by Crippen LogP contribution is 2.39. The van der Waals surface area contributed by atoms with Crippen LogP contribution in [0, 0.1) is 11.3 Å². The van der Waals surface area contributed by atoms with Crippen molar-refractivity contribution in [3.05, 3.63) is 0 Å². The Hall–Kier alpha value is -0.160. The van der Waals surface area contributed by atoms with Gasteiger partial charge in [0.25, 0.3) is 0 Å². The Bertz CT molecular complexity index is 266. The minimum atomic E-state index is -0.386. The number of nitrogens with zero attached hydrogens (tertiary/aromatic N) is 1. The Balaban J connectivity index is 2.51. The Labute approximate surface area is 131 Å². The summed E-state index contributed by atoms with van der Waals surface area (Å²) < 4.78 is 5.02. The molecule has 4 heteroatoms. The molecule has 0 aliphatic heterocycles. The maximum Gasteiger partial charge on any atom is 0.0899 e. The van der Waals surface area contributed by atoms with Crippen molar-refractivity contribution in [2.45, 2.75) is 52.1 Å². The molecule has 0 saturated heterocycles. The second kappa shape index (κ2) is 9.78. The van der Waals surface area contributed by atoms with E-state index in [1.807, 2.05) is 0 Å². The molecule has 0 heterocycles.